The third kappa shape index (κ3) is 3.97. The number of hydrogen-bond acceptors (Lipinski definition) is 6. The summed E-state index contributed by atoms with van der Waals surface area (Å²) in [6.07, 6.45) is 0. The van der Waals surface area contributed by atoms with E-state index < -0.39 is 4.92 Å². The normalized spacial score (nSPS) is 10.5. The van der Waals surface area contributed by atoms with Crippen molar-refractivity contribution in [1.29, 1.82) is 0 Å². The van der Waals surface area contributed by atoms with Crippen LogP contribution in [0.15, 0.2) is 24.3 Å². The van der Waals surface area contributed by atoms with Crippen molar-refractivity contribution in [2.45, 2.75) is 20.5 Å². The number of methoxy groups -OCH3 is 3. The van der Waals surface area contributed by atoms with Gasteiger partial charge in [-0.3, -0.25) is 10.1 Å². The van der Waals surface area contributed by atoms with E-state index in [2.05, 4.69) is 0 Å². The van der Waals surface area contributed by atoms with Crippen molar-refractivity contribution >= 4 is 20.6 Å². The lowest BCUT2D eigenvalue weighted by molar-refractivity contribution is -0.386. The van der Waals surface area contributed by atoms with Crippen LogP contribution in [0.25, 0.3) is 0 Å². The molecule has 0 aliphatic carbocycles. The Kier molecular flexibility index (Phi) is 6.59. The first-order chi connectivity index (χ1) is 12.4. The minimum atomic E-state index is -0.499. The van der Waals surface area contributed by atoms with Gasteiger partial charge < -0.3 is 18.6 Å². The third-order valence-corrected chi connectivity index (χ3v) is 5.13. The lowest BCUT2D eigenvalue weighted by Gasteiger charge is -2.15. The van der Waals surface area contributed by atoms with Gasteiger partial charge >= 0.3 is 5.69 Å². The van der Waals surface area contributed by atoms with Gasteiger partial charge in [0.2, 0.25) is 11.5 Å². The highest BCUT2D eigenvalue weighted by Gasteiger charge is 2.29. The molecule has 0 unspecified atom stereocenters. The minimum absolute atomic E-state index is 0.0190. The molecule has 0 amide bonds. The van der Waals surface area contributed by atoms with Crippen LogP contribution in [0, 0.1) is 24.0 Å². The highest BCUT2D eigenvalue weighted by atomic mass is 28.2. The predicted molar refractivity (Wildman–Crippen MR) is 98.8 cm³/mol. The van der Waals surface area contributed by atoms with E-state index in [0.717, 1.165) is 10.8 Å². The Labute approximate surface area is 154 Å². The molecule has 0 saturated carbocycles. The molecule has 0 aromatic heterocycles. The summed E-state index contributed by atoms with van der Waals surface area (Å²) in [6, 6.07) is 7.54. The van der Waals surface area contributed by atoms with Crippen molar-refractivity contribution in [2.75, 3.05) is 21.3 Å². The summed E-state index contributed by atoms with van der Waals surface area (Å²) in [7, 11) is 4.29. The van der Waals surface area contributed by atoms with E-state index in [0.29, 0.717) is 11.3 Å². The maximum Gasteiger partial charge on any atom is 0.320 e. The number of nitro benzene ring substituents is 1. The molecule has 0 N–H and O–H groups in total. The Hall–Kier alpha value is -2.58. The SMILES string of the molecule is COc1cc(CO[Si]c2cccc(C)c2C)c([N+](=O)[O-])c(OC)c1OC. The van der Waals surface area contributed by atoms with Crippen molar-refractivity contribution in [1.82, 2.24) is 0 Å². The van der Waals surface area contributed by atoms with Crippen LogP contribution in [-0.2, 0) is 11.0 Å². The predicted octanol–water partition coefficient (Wildman–Crippen LogP) is 2.70. The third-order valence-electron chi connectivity index (χ3n) is 4.08. The Morgan fingerprint density at radius 2 is 1.77 bits per heavy atom. The summed E-state index contributed by atoms with van der Waals surface area (Å²) >= 11 is 0. The second-order valence-electron chi connectivity index (χ2n) is 5.55. The summed E-state index contributed by atoms with van der Waals surface area (Å²) in [6.45, 7) is 4.12. The van der Waals surface area contributed by atoms with Crippen molar-refractivity contribution in [3.63, 3.8) is 0 Å². The number of nitro groups is 1. The summed E-state index contributed by atoms with van der Waals surface area (Å²) < 4.78 is 21.5. The van der Waals surface area contributed by atoms with Gasteiger partial charge in [0.05, 0.1) is 38.4 Å². The fourth-order valence-corrected chi connectivity index (χ4v) is 3.45. The first-order valence-corrected chi connectivity index (χ1v) is 8.75. The highest BCUT2D eigenvalue weighted by molar-refractivity contribution is 6.47. The van der Waals surface area contributed by atoms with Crippen LogP contribution in [-0.4, -0.2) is 36.0 Å². The Morgan fingerprint density at radius 3 is 2.35 bits per heavy atom. The van der Waals surface area contributed by atoms with Gasteiger partial charge in [0.25, 0.3) is 9.76 Å². The van der Waals surface area contributed by atoms with E-state index in [-0.39, 0.29) is 33.6 Å². The molecule has 0 aliphatic rings. The van der Waals surface area contributed by atoms with E-state index >= 15 is 0 Å². The van der Waals surface area contributed by atoms with Gasteiger partial charge in [-0.05, 0) is 36.2 Å². The topological polar surface area (TPSA) is 80.1 Å². The second-order valence-corrected chi connectivity index (χ2v) is 6.58. The number of aryl methyl sites for hydroxylation is 1. The van der Waals surface area contributed by atoms with Crippen LogP contribution in [0.2, 0.25) is 0 Å². The monoisotopic (exact) mass is 375 g/mol. The van der Waals surface area contributed by atoms with Crippen LogP contribution >= 0.6 is 0 Å². The molecule has 2 rings (SSSR count). The van der Waals surface area contributed by atoms with Gasteiger partial charge in [-0.25, -0.2) is 0 Å². The first-order valence-electron chi connectivity index (χ1n) is 7.84. The zero-order chi connectivity index (χ0) is 19.3. The molecule has 0 bridgehead atoms. The van der Waals surface area contributed by atoms with E-state index in [9.17, 15) is 10.1 Å². The van der Waals surface area contributed by atoms with Crippen LogP contribution in [0.1, 0.15) is 16.7 Å². The zero-order valence-electron chi connectivity index (χ0n) is 15.4. The summed E-state index contributed by atoms with van der Waals surface area (Å²) in [4.78, 5) is 11.1. The molecule has 2 aromatic rings. The van der Waals surface area contributed by atoms with Crippen LogP contribution in [0.3, 0.4) is 0 Å². The second kappa shape index (κ2) is 8.68. The van der Waals surface area contributed by atoms with Gasteiger partial charge in [0.1, 0.15) is 0 Å². The minimum Gasteiger partial charge on any atom is -0.493 e. The zero-order valence-corrected chi connectivity index (χ0v) is 16.4. The molecule has 138 valence electrons. The van der Waals surface area contributed by atoms with Crippen molar-refractivity contribution in [3.8, 4) is 17.2 Å². The number of nitrogens with zero attached hydrogens (tertiary/aromatic N) is 1. The van der Waals surface area contributed by atoms with Crippen molar-refractivity contribution in [2.24, 2.45) is 0 Å². The maximum atomic E-state index is 11.6. The number of ether oxygens (including phenoxy) is 3. The van der Waals surface area contributed by atoms with Crippen molar-refractivity contribution in [3.05, 3.63) is 51.1 Å². The fraction of sp³-hybridized carbons (Fsp3) is 0.333. The smallest absolute Gasteiger partial charge is 0.320 e. The molecule has 0 atom stereocenters. The average molecular weight is 375 g/mol. The molecule has 0 spiro atoms. The van der Waals surface area contributed by atoms with Crippen LogP contribution in [0.5, 0.6) is 17.2 Å². The molecule has 0 fully saturated rings. The van der Waals surface area contributed by atoms with Crippen molar-refractivity contribution < 1.29 is 23.6 Å². The number of hydrogen-bond donors (Lipinski definition) is 0. The molecule has 8 heteroatoms. The van der Waals surface area contributed by atoms with E-state index in [1.165, 1.54) is 26.9 Å². The standard InChI is InChI=1S/C18H21NO6Si/c1-11-7-6-8-15(12(11)2)26-25-10-13-9-14(22-3)17(23-4)18(24-5)16(13)19(20)21/h6-9H,10H2,1-5H3. The van der Waals surface area contributed by atoms with Gasteiger partial charge in [-0.15, -0.1) is 0 Å². The average Bonchev–Trinajstić information content (AvgIpc) is 2.63. The molecule has 2 aromatic carbocycles. The number of rotatable bonds is 8. The van der Waals surface area contributed by atoms with E-state index in [1.807, 2.05) is 32.0 Å². The van der Waals surface area contributed by atoms with Crippen LogP contribution < -0.4 is 19.4 Å². The van der Waals surface area contributed by atoms with E-state index in [1.54, 1.807) is 6.07 Å². The van der Waals surface area contributed by atoms with Gasteiger partial charge in [0, 0.05) is 0 Å². The summed E-state index contributed by atoms with van der Waals surface area (Å²) in [5.74, 6) is 0.552. The Morgan fingerprint density at radius 1 is 1.08 bits per heavy atom. The van der Waals surface area contributed by atoms with Gasteiger partial charge in [-0.1, -0.05) is 18.2 Å². The van der Waals surface area contributed by atoms with Gasteiger partial charge in [-0.2, -0.15) is 0 Å². The van der Waals surface area contributed by atoms with Crippen LogP contribution in [0.4, 0.5) is 5.69 Å². The Balaban J connectivity index is 2.33. The molecule has 0 aliphatic heterocycles. The molecule has 26 heavy (non-hydrogen) atoms. The summed E-state index contributed by atoms with van der Waals surface area (Å²) in [5, 5.41) is 12.6. The first kappa shape index (κ1) is 19.7. The fourth-order valence-electron chi connectivity index (χ4n) is 2.56. The lowest BCUT2D eigenvalue weighted by atomic mass is 10.1. The molecule has 0 heterocycles. The largest absolute Gasteiger partial charge is 0.493 e. The molecule has 0 saturated heterocycles. The lowest BCUT2D eigenvalue weighted by Crippen LogP contribution is -2.21. The van der Waals surface area contributed by atoms with E-state index in [4.69, 9.17) is 18.6 Å². The number of benzene rings is 2. The Bertz CT molecular complexity index is 809. The maximum absolute atomic E-state index is 11.6. The quantitative estimate of drug-likeness (QED) is 0.401. The molecular formula is C18H21NO6Si. The molecule has 2 radical (unpaired) electrons. The molecular weight excluding hydrogens is 354 g/mol. The molecule has 7 nitrogen and oxygen atoms in total. The highest BCUT2D eigenvalue weighted by Crippen LogP contribution is 2.46. The summed E-state index contributed by atoms with van der Waals surface area (Å²) in [5.41, 5.74) is 2.51. The van der Waals surface area contributed by atoms with Gasteiger partial charge in [0.15, 0.2) is 5.75 Å².